The van der Waals surface area contributed by atoms with Gasteiger partial charge in [0.1, 0.15) is 18.0 Å². The van der Waals surface area contributed by atoms with Crippen molar-refractivity contribution in [2.24, 2.45) is 0 Å². The van der Waals surface area contributed by atoms with Gasteiger partial charge in [-0.3, -0.25) is 9.88 Å². The van der Waals surface area contributed by atoms with Gasteiger partial charge in [0, 0.05) is 17.4 Å². The molecule has 190 valence electrons. The predicted octanol–water partition coefficient (Wildman–Crippen LogP) is 5.71. The van der Waals surface area contributed by atoms with Gasteiger partial charge in [0.05, 0.1) is 41.6 Å². The summed E-state index contributed by atoms with van der Waals surface area (Å²) >= 11 is 0. The van der Waals surface area contributed by atoms with E-state index in [1.807, 2.05) is 6.07 Å². The van der Waals surface area contributed by atoms with Gasteiger partial charge in [-0.1, -0.05) is 12.1 Å². The average Bonchev–Trinajstić information content (AvgIpc) is 2.86. The normalized spacial score (nSPS) is 11.7. The van der Waals surface area contributed by atoms with Crippen LogP contribution in [0.4, 0.5) is 10.5 Å². The third-order valence-corrected chi connectivity index (χ3v) is 5.44. The van der Waals surface area contributed by atoms with E-state index in [0.29, 0.717) is 39.4 Å². The lowest BCUT2D eigenvalue weighted by molar-refractivity contribution is 0.0577. The van der Waals surface area contributed by atoms with E-state index in [9.17, 15) is 15.2 Å². The summed E-state index contributed by atoms with van der Waals surface area (Å²) in [5.41, 5.74) is 3.25. The molecule has 0 aliphatic rings. The van der Waals surface area contributed by atoms with Gasteiger partial charge in [0.15, 0.2) is 0 Å². The summed E-state index contributed by atoms with van der Waals surface area (Å²) in [6.45, 7) is 8.97. The van der Waals surface area contributed by atoms with E-state index in [1.54, 1.807) is 83.3 Å². The number of carbonyl (C=O) groups is 1. The number of amides is 1. The zero-order valence-corrected chi connectivity index (χ0v) is 21.6. The van der Waals surface area contributed by atoms with Crippen molar-refractivity contribution in [3.63, 3.8) is 0 Å². The van der Waals surface area contributed by atoms with Gasteiger partial charge in [-0.15, -0.1) is 0 Å². The van der Waals surface area contributed by atoms with Crippen molar-refractivity contribution < 1.29 is 19.4 Å². The molecule has 37 heavy (non-hydrogen) atoms. The van der Waals surface area contributed by atoms with E-state index in [0.717, 1.165) is 5.56 Å². The quantitative estimate of drug-likeness (QED) is 0.443. The largest absolute Gasteiger partial charge is 0.487 e. The Hall–Kier alpha value is -4.40. The molecule has 1 heterocycles. The molecule has 8 heteroatoms. The van der Waals surface area contributed by atoms with Gasteiger partial charge in [-0.25, -0.2) is 4.79 Å². The van der Waals surface area contributed by atoms with Crippen molar-refractivity contribution in [1.82, 2.24) is 4.98 Å². The first-order valence-electron chi connectivity index (χ1n) is 11.8. The second-order valence-electron chi connectivity index (χ2n) is 9.61. The summed E-state index contributed by atoms with van der Waals surface area (Å²) in [6.07, 6.45) is 0.116. The fourth-order valence-corrected chi connectivity index (χ4v) is 3.76. The second kappa shape index (κ2) is 11.6. The molecule has 1 N–H and O–H groups in total. The lowest BCUT2D eigenvalue weighted by Gasteiger charge is -2.29. The number of pyridine rings is 1. The number of hydrogen-bond donors (Lipinski definition) is 1. The third-order valence-electron chi connectivity index (χ3n) is 5.44. The number of benzene rings is 2. The average molecular weight is 499 g/mol. The molecule has 0 fully saturated rings. The molecular formula is C29H30N4O4. The first kappa shape index (κ1) is 27.2. The minimum absolute atomic E-state index is 0.0502. The zero-order chi connectivity index (χ0) is 27.2. The highest BCUT2D eigenvalue weighted by atomic mass is 16.6. The highest BCUT2D eigenvalue weighted by Gasteiger charge is 2.27. The number of ether oxygens (including phenoxy) is 2. The Morgan fingerprint density at radius 3 is 2.38 bits per heavy atom. The Morgan fingerprint density at radius 1 is 1.11 bits per heavy atom. The SMILES string of the molecule is Cc1ncc(CN(C(=O)OC(C)(C)C)c2ccc(C#N)cc2)c(C(C)O)c1OCc1cccc(C#N)c1. The molecule has 8 nitrogen and oxygen atoms in total. The third kappa shape index (κ3) is 7.07. The zero-order valence-electron chi connectivity index (χ0n) is 21.6. The molecule has 1 unspecified atom stereocenters. The van der Waals surface area contributed by atoms with Gasteiger partial charge >= 0.3 is 6.09 Å². The van der Waals surface area contributed by atoms with Crippen LogP contribution in [0.3, 0.4) is 0 Å². The molecule has 1 amide bonds. The topological polar surface area (TPSA) is 119 Å². The van der Waals surface area contributed by atoms with Crippen LogP contribution in [0.2, 0.25) is 0 Å². The van der Waals surface area contributed by atoms with Crippen LogP contribution in [0.25, 0.3) is 0 Å². The van der Waals surface area contributed by atoms with E-state index in [4.69, 9.17) is 14.7 Å². The van der Waals surface area contributed by atoms with Crippen molar-refractivity contribution in [2.75, 3.05) is 4.90 Å². The van der Waals surface area contributed by atoms with Crippen molar-refractivity contribution in [1.29, 1.82) is 10.5 Å². The van der Waals surface area contributed by atoms with Crippen molar-refractivity contribution in [2.45, 2.75) is 59.5 Å². The lowest BCUT2D eigenvalue weighted by atomic mass is 10.0. The predicted molar refractivity (Wildman–Crippen MR) is 139 cm³/mol. The molecule has 0 radical (unpaired) electrons. The Labute approximate surface area is 217 Å². The van der Waals surface area contributed by atoms with Crippen LogP contribution in [-0.2, 0) is 17.9 Å². The van der Waals surface area contributed by atoms with Crippen LogP contribution < -0.4 is 9.64 Å². The molecule has 1 atom stereocenters. The molecule has 3 aromatic rings. The monoisotopic (exact) mass is 498 g/mol. The Bertz CT molecular complexity index is 1350. The van der Waals surface area contributed by atoms with Crippen LogP contribution >= 0.6 is 0 Å². The molecule has 1 aromatic heterocycles. The molecule has 0 aliphatic carbocycles. The fourth-order valence-electron chi connectivity index (χ4n) is 3.76. The van der Waals surface area contributed by atoms with Crippen LogP contribution in [0.5, 0.6) is 5.75 Å². The molecule has 2 aromatic carbocycles. The Balaban J connectivity index is 2.00. The van der Waals surface area contributed by atoms with E-state index in [1.165, 1.54) is 4.90 Å². The number of nitriles is 2. The maximum absolute atomic E-state index is 13.2. The standard InChI is InChI=1S/C29H30N4O4/c1-19-27(36-18-23-8-6-7-22(13-23)15-31)26(20(2)34)24(16-32-19)17-33(28(35)37-29(3,4)5)25-11-9-21(14-30)10-12-25/h6-13,16,20,34H,17-18H2,1-5H3. The number of nitrogens with zero attached hydrogens (tertiary/aromatic N) is 4. The van der Waals surface area contributed by atoms with Gasteiger partial charge in [0.2, 0.25) is 0 Å². The summed E-state index contributed by atoms with van der Waals surface area (Å²) in [6, 6.07) is 17.9. The minimum atomic E-state index is -0.918. The van der Waals surface area contributed by atoms with Crippen LogP contribution in [-0.4, -0.2) is 21.8 Å². The highest BCUT2D eigenvalue weighted by Crippen LogP contribution is 2.33. The van der Waals surface area contributed by atoms with Crippen LogP contribution in [0, 0.1) is 29.6 Å². The van der Waals surface area contributed by atoms with Gasteiger partial charge in [-0.05, 0) is 82.1 Å². The first-order valence-corrected chi connectivity index (χ1v) is 11.8. The molecule has 0 saturated carbocycles. The van der Waals surface area contributed by atoms with Crippen molar-refractivity contribution >= 4 is 11.8 Å². The van der Waals surface area contributed by atoms with E-state index < -0.39 is 17.8 Å². The van der Waals surface area contributed by atoms with Gasteiger partial charge in [-0.2, -0.15) is 10.5 Å². The van der Waals surface area contributed by atoms with Gasteiger partial charge in [0.25, 0.3) is 0 Å². The van der Waals surface area contributed by atoms with Crippen LogP contribution in [0.15, 0.2) is 54.7 Å². The van der Waals surface area contributed by atoms with Gasteiger partial charge < -0.3 is 14.6 Å². The van der Waals surface area contributed by atoms with Crippen LogP contribution in [0.1, 0.15) is 67.3 Å². The first-order chi connectivity index (χ1) is 17.5. The van der Waals surface area contributed by atoms with E-state index in [-0.39, 0.29) is 13.2 Å². The number of carbonyl (C=O) groups excluding carboxylic acids is 1. The number of anilines is 1. The lowest BCUT2D eigenvalue weighted by Crippen LogP contribution is -2.37. The summed E-state index contributed by atoms with van der Waals surface area (Å²) in [4.78, 5) is 19.1. The summed E-state index contributed by atoms with van der Waals surface area (Å²) < 4.78 is 11.8. The minimum Gasteiger partial charge on any atom is -0.487 e. The number of hydrogen-bond acceptors (Lipinski definition) is 7. The molecule has 0 aliphatic heterocycles. The number of aliphatic hydroxyl groups excluding tert-OH is 1. The highest BCUT2D eigenvalue weighted by molar-refractivity contribution is 5.88. The number of aliphatic hydroxyl groups is 1. The van der Waals surface area contributed by atoms with Crippen molar-refractivity contribution in [3.05, 3.63) is 88.2 Å². The molecule has 0 spiro atoms. The molecule has 3 rings (SSSR count). The number of aryl methyl sites for hydroxylation is 1. The summed E-state index contributed by atoms with van der Waals surface area (Å²) in [5.74, 6) is 0.416. The molecule has 0 bridgehead atoms. The smallest absolute Gasteiger partial charge is 0.415 e. The summed E-state index contributed by atoms with van der Waals surface area (Å²) in [7, 11) is 0. The van der Waals surface area contributed by atoms with E-state index in [2.05, 4.69) is 17.1 Å². The maximum atomic E-state index is 13.2. The Kier molecular flexibility index (Phi) is 8.49. The molecule has 0 saturated heterocycles. The second-order valence-corrected chi connectivity index (χ2v) is 9.61. The maximum Gasteiger partial charge on any atom is 0.415 e. The number of aromatic nitrogens is 1. The van der Waals surface area contributed by atoms with Crippen molar-refractivity contribution in [3.8, 4) is 17.9 Å². The molecular weight excluding hydrogens is 468 g/mol. The van der Waals surface area contributed by atoms with E-state index >= 15 is 0 Å². The summed E-state index contributed by atoms with van der Waals surface area (Å²) in [5, 5.41) is 29.1. The Morgan fingerprint density at radius 2 is 1.78 bits per heavy atom. The number of rotatable bonds is 7. The fraction of sp³-hybridized carbons (Fsp3) is 0.310.